The molecule has 4 fully saturated rings. The van der Waals surface area contributed by atoms with Gasteiger partial charge in [0.15, 0.2) is 5.60 Å². The predicted octanol–water partition coefficient (Wildman–Crippen LogP) is 7.85. The van der Waals surface area contributed by atoms with E-state index in [1.165, 1.54) is 5.57 Å². The predicted molar refractivity (Wildman–Crippen MR) is 119 cm³/mol. The van der Waals surface area contributed by atoms with Gasteiger partial charge >= 0.3 is 6.18 Å². The fraction of sp³-hybridized carbons (Fsp3) is 0.852. The van der Waals surface area contributed by atoms with E-state index in [9.17, 15) is 18.3 Å². The third kappa shape index (κ3) is 2.55. The average molecular weight is 439 g/mol. The van der Waals surface area contributed by atoms with Gasteiger partial charge in [0, 0.05) is 0 Å². The molecule has 176 valence electrons. The maximum Gasteiger partial charge on any atom is 0.417 e. The van der Waals surface area contributed by atoms with Crippen molar-refractivity contribution in [2.24, 2.45) is 38.9 Å². The Bertz CT molecular complexity index is 803. The summed E-state index contributed by atoms with van der Waals surface area (Å²) in [6.07, 6.45) is 3.74. The molecule has 4 saturated carbocycles. The van der Waals surface area contributed by atoms with Gasteiger partial charge in [0.2, 0.25) is 0 Å². The Balaban J connectivity index is 1.79. The van der Waals surface area contributed by atoms with Crippen LogP contribution >= 0.6 is 0 Å². The van der Waals surface area contributed by atoms with Gasteiger partial charge in [0.05, 0.1) is 0 Å². The topological polar surface area (TPSA) is 20.2 Å². The second-order valence-corrected chi connectivity index (χ2v) is 12.7. The van der Waals surface area contributed by atoms with Gasteiger partial charge in [-0.15, -0.1) is 6.58 Å². The van der Waals surface area contributed by atoms with Crippen LogP contribution in [0.25, 0.3) is 0 Å². The summed E-state index contributed by atoms with van der Waals surface area (Å²) in [5, 5.41) is 10.6. The highest BCUT2D eigenvalue weighted by Gasteiger charge is 2.74. The third-order valence-electron chi connectivity index (χ3n) is 12.0. The van der Waals surface area contributed by atoms with Gasteiger partial charge in [-0.25, -0.2) is 0 Å². The molecule has 0 radical (unpaired) electrons. The number of hydrogen-bond acceptors (Lipinski definition) is 1. The van der Waals surface area contributed by atoms with Crippen LogP contribution in [0.2, 0.25) is 0 Å². The SMILES string of the molecule is C=C[C@@]12CC[C@H](C(=C)C)[C@@]1(C)CC[C@@]1(C)[C@H]2CC[C@]2(C)C[C@@](O)(C(F)(F)F)CC[C@@]21C. The lowest BCUT2D eigenvalue weighted by atomic mass is 9.31. The molecule has 4 heteroatoms. The van der Waals surface area contributed by atoms with Crippen molar-refractivity contribution < 1.29 is 18.3 Å². The van der Waals surface area contributed by atoms with Crippen molar-refractivity contribution in [3.63, 3.8) is 0 Å². The summed E-state index contributed by atoms with van der Waals surface area (Å²) in [6, 6.07) is 0. The number of allylic oxidation sites excluding steroid dienone is 2. The smallest absolute Gasteiger partial charge is 0.380 e. The van der Waals surface area contributed by atoms with E-state index in [4.69, 9.17) is 0 Å². The van der Waals surface area contributed by atoms with Gasteiger partial charge in [-0.3, -0.25) is 0 Å². The van der Waals surface area contributed by atoms with Gasteiger partial charge in [0.25, 0.3) is 0 Å². The lowest BCUT2D eigenvalue weighted by molar-refractivity contribution is -0.317. The Hall–Kier alpha value is -0.770. The van der Waals surface area contributed by atoms with E-state index in [2.05, 4.69) is 46.9 Å². The summed E-state index contributed by atoms with van der Waals surface area (Å²) in [5.74, 6) is 0.897. The van der Waals surface area contributed by atoms with Crippen LogP contribution in [0.5, 0.6) is 0 Å². The molecule has 0 amide bonds. The van der Waals surface area contributed by atoms with Crippen LogP contribution in [0.1, 0.15) is 92.4 Å². The number of alkyl halides is 3. The van der Waals surface area contributed by atoms with Crippen molar-refractivity contribution >= 4 is 0 Å². The van der Waals surface area contributed by atoms with E-state index in [1.807, 2.05) is 6.92 Å². The number of fused-ring (bicyclic) bond motifs is 5. The lowest BCUT2D eigenvalue weighted by Gasteiger charge is -2.73. The molecule has 4 aliphatic carbocycles. The summed E-state index contributed by atoms with van der Waals surface area (Å²) in [4.78, 5) is 0. The van der Waals surface area contributed by atoms with Crippen molar-refractivity contribution in [1.82, 2.24) is 0 Å². The second kappa shape index (κ2) is 6.42. The van der Waals surface area contributed by atoms with E-state index in [0.717, 1.165) is 38.5 Å². The molecule has 0 aromatic heterocycles. The molecular formula is C27H41F3O. The number of halogens is 3. The fourth-order valence-electron chi connectivity index (χ4n) is 9.79. The highest BCUT2D eigenvalue weighted by molar-refractivity contribution is 5.28. The molecule has 8 atom stereocenters. The number of hydrogen-bond donors (Lipinski definition) is 1. The normalized spacial score (nSPS) is 54.5. The molecule has 0 saturated heterocycles. The summed E-state index contributed by atoms with van der Waals surface area (Å²) in [7, 11) is 0. The van der Waals surface area contributed by atoms with Crippen LogP contribution in [-0.4, -0.2) is 16.9 Å². The van der Waals surface area contributed by atoms with E-state index in [1.54, 1.807) is 0 Å². The molecule has 1 N–H and O–H groups in total. The molecular weight excluding hydrogens is 397 g/mol. The minimum Gasteiger partial charge on any atom is -0.380 e. The van der Waals surface area contributed by atoms with Crippen LogP contribution in [0.4, 0.5) is 13.2 Å². The van der Waals surface area contributed by atoms with Crippen LogP contribution in [0, 0.1) is 38.9 Å². The molecule has 0 bridgehead atoms. The van der Waals surface area contributed by atoms with Crippen molar-refractivity contribution in [2.75, 3.05) is 0 Å². The Morgan fingerprint density at radius 3 is 2.10 bits per heavy atom. The highest BCUT2D eigenvalue weighted by atomic mass is 19.4. The first-order chi connectivity index (χ1) is 14.1. The molecule has 0 unspecified atom stereocenters. The van der Waals surface area contributed by atoms with E-state index in [-0.39, 0.29) is 34.5 Å². The van der Waals surface area contributed by atoms with Gasteiger partial charge in [-0.05, 0) is 104 Å². The van der Waals surface area contributed by atoms with Gasteiger partial charge in [-0.2, -0.15) is 13.2 Å². The maximum absolute atomic E-state index is 13.8. The van der Waals surface area contributed by atoms with Crippen LogP contribution in [0.15, 0.2) is 24.8 Å². The third-order valence-corrected chi connectivity index (χ3v) is 12.0. The molecule has 0 aliphatic heterocycles. The molecule has 0 aromatic rings. The Kier molecular flexibility index (Phi) is 4.85. The quantitative estimate of drug-likeness (QED) is 0.435. The van der Waals surface area contributed by atoms with Crippen LogP contribution in [-0.2, 0) is 0 Å². The Morgan fingerprint density at radius 2 is 1.55 bits per heavy atom. The first-order valence-electron chi connectivity index (χ1n) is 12.1. The van der Waals surface area contributed by atoms with Crippen molar-refractivity contribution in [3.8, 4) is 0 Å². The summed E-state index contributed by atoms with van der Waals surface area (Å²) in [5.41, 5.74) is -1.99. The molecule has 0 heterocycles. The minimum absolute atomic E-state index is 0.00569. The Morgan fingerprint density at radius 1 is 0.935 bits per heavy atom. The van der Waals surface area contributed by atoms with Gasteiger partial charge < -0.3 is 5.11 Å². The maximum atomic E-state index is 13.8. The highest BCUT2D eigenvalue weighted by Crippen LogP contribution is 2.80. The number of aliphatic hydroxyl groups is 1. The van der Waals surface area contributed by atoms with Crippen LogP contribution in [0.3, 0.4) is 0 Å². The first-order valence-corrected chi connectivity index (χ1v) is 12.1. The Labute approximate surface area is 186 Å². The molecule has 1 nitrogen and oxygen atoms in total. The summed E-state index contributed by atoms with van der Waals surface area (Å²) in [6.45, 7) is 19.9. The van der Waals surface area contributed by atoms with Crippen molar-refractivity contribution in [3.05, 3.63) is 24.8 Å². The first kappa shape index (κ1) is 23.4. The zero-order chi connectivity index (χ0) is 23.3. The summed E-state index contributed by atoms with van der Waals surface area (Å²) >= 11 is 0. The largest absolute Gasteiger partial charge is 0.417 e. The average Bonchev–Trinajstić information content (AvgIpc) is 2.96. The van der Waals surface area contributed by atoms with Crippen LogP contribution < -0.4 is 0 Å². The molecule has 0 spiro atoms. The number of rotatable bonds is 2. The molecule has 4 rings (SSSR count). The molecule has 4 aliphatic rings. The zero-order valence-electron chi connectivity index (χ0n) is 20.1. The van der Waals surface area contributed by atoms with Crippen molar-refractivity contribution in [2.45, 2.75) is 104 Å². The van der Waals surface area contributed by atoms with E-state index < -0.39 is 17.2 Å². The molecule has 0 aromatic carbocycles. The second-order valence-electron chi connectivity index (χ2n) is 12.7. The molecule has 31 heavy (non-hydrogen) atoms. The monoisotopic (exact) mass is 438 g/mol. The minimum atomic E-state index is -4.57. The lowest BCUT2D eigenvalue weighted by Crippen LogP contribution is -2.68. The van der Waals surface area contributed by atoms with Crippen molar-refractivity contribution in [1.29, 1.82) is 0 Å². The van der Waals surface area contributed by atoms with E-state index >= 15 is 0 Å². The van der Waals surface area contributed by atoms with Gasteiger partial charge in [-0.1, -0.05) is 45.9 Å². The van der Waals surface area contributed by atoms with Gasteiger partial charge in [0.1, 0.15) is 0 Å². The van der Waals surface area contributed by atoms with E-state index in [0.29, 0.717) is 18.3 Å². The fourth-order valence-corrected chi connectivity index (χ4v) is 9.79. The summed E-state index contributed by atoms with van der Waals surface area (Å²) < 4.78 is 41.4. The standard InChI is InChI=1S/C27H41F3O/c1-8-25-12-9-19(18(2)3)22(25,5)13-14-23(6)20(25)10-11-21(4)17-26(31,27(28,29)30)16-15-24(21,23)7/h8,19-20,31H,1-2,9-17H2,3-7H3/t19-,20-,21-,22-,23+,24+,25+,26-/m1/s1. The zero-order valence-corrected chi connectivity index (χ0v) is 20.1.